The Morgan fingerprint density at radius 1 is 1.33 bits per heavy atom. The number of benzene rings is 1. The molecule has 1 rings (SSSR count). The summed E-state index contributed by atoms with van der Waals surface area (Å²) in [5.41, 5.74) is 0.0571. The summed E-state index contributed by atoms with van der Waals surface area (Å²) in [5.74, 6) is -1.06. The number of carbonyl (C=O) groups excluding carboxylic acids is 2. The molecule has 0 heterocycles. The van der Waals surface area contributed by atoms with Gasteiger partial charge in [-0.3, -0.25) is 9.59 Å². The third-order valence-corrected chi connectivity index (χ3v) is 4.54. The second kappa shape index (κ2) is 9.89. The van der Waals surface area contributed by atoms with Crippen LogP contribution in [0.1, 0.15) is 40.5 Å². The highest BCUT2D eigenvalue weighted by molar-refractivity contribution is 8.00. The van der Waals surface area contributed by atoms with Gasteiger partial charge in [-0.1, -0.05) is 32.4 Å². The zero-order valence-corrected chi connectivity index (χ0v) is 15.9. The van der Waals surface area contributed by atoms with Crippen LogP contribution >= 0.6 is 23.4 Å². The SMILES string of the molecule is CCCOC(=O)C(C)Sc1cc(NC(=O)CC(C)C)c(F)cc1Cl. The van der Waals surface area contributed by atoms with Crippen molar-refractivity contribution < 1.29 is 18.7 Å². The van der Waals surface area contributed by atoms with Gasteiger partial charge in [0.15, 0.2) is 0 Å². The first-order valence-electron chi connectivity index (χ1n) is 7.86. The van der Waals surface area contributed by atoms with E-state index in [-0.39, 0.29) is 28.5 Å². The van der Waals surface area contributed by atoms with Crippen molar-refractivity contribution in [3.63, 3.8) is 0 Å². The van der Waals surface area contributed by atoms with Crippen molar-refractivity contribution in [3.05, 3.63) is 23.0 Å². The van der Waals surface area contributed by atoms with Crippen molar-refractivity contribution in [2.75, 3.05) is 11.9 Å². The molecule has 0 spiro atoms. The average Bonchev–Trinajstić information content (AvgIpc) is 2.48. The molecular weight excluding hydrogens is 353 g/mol. The van der Waals surface area contributed by atoms with Gasteiger partial charge in [0.1, 0.15) is 11.1 Å². The zero-order valence-electron chi connectivity index (χ0n) is 14.3. The van der Waals surface area contributed by atoms with Crippen LogP contribution in [-0.2, 0) is 14.3 Å². The highest BCUT2D eigenvalue weighted by Crippen LogP contribution is 2.34. The Kier molecular flexibility index (Phi) is 8.56. The zero-order chi connectivity index (χ0) is 18.3. The van der Waals surface area contributed by atoms with Crippen LogP contribution in [0.5, 0.6) is 0 Å². The van der Waals surface area contributed by atoms with Gasteiger partial charge in [0.25, 0.3) is 0 Å². The minimum atomic E-state index is -0.609. The molecule has 1 atom stereocenters. The molecule has 0 aromatic heterocycles. The summed E-state index contributed by atoms with van der Waals surface area (Å²) in [6, 6.07) is 2.59. The van der Waals surface area contributed by atoms with Gasteiger partial charge in [-0.25, -0.2) is 4.39 Å². The van der Waals surface area contributed by atoms with Gasteiger partial charge in [0.2, 0.25) is 5.91 Å². The number of anilines is 1. The Labute approximate surface area is 151 Å². The molecule has 0 aliphatic rings. The van der Waals surface area contributed by atoms with Crippen LogP contribution in [0.25, 0.3) is 0 Å². The van der Waals surface area contributed by atoms with E-state index in [4.69, 9.17) is 16.3 Å². The lowest BCUT2D eigenvalue weighted by Gasteiger charge is -2.14. The van der Waals surface area contributed by atoms with Gasteiger partial charge in [0.05, 0.1) is 17.3 Å². The van der Waals surface area contributed by atoms with E-state index in [1.165, 1.54) is 17.8 Å². The molecule has 0 bridgehead atoms. The summed E-state index contributed by atoms with van der Waals surface area (Å²) in [4.78, 5) is 24.2. The number of amides is 1. The molecule has 1 amide bonds. The number of thioether (sulfide) groups is 1. The predicted octanol–water partition coefficient (Wildman–Crippen LogP) is 4.90. The molecule has 7 heteroatoms. The number of hydrogen-bond donors (Lipinski definition) is 1. The first-order chi connectivity index (χ1) is 11.2. The van der Waals surface area contributed by atoms with Gasteiger partial charge in [-0.05, 0) is 31.4 Å². The van der Waals surface area contributed by atoms with E-state index in [9.17, 15) is 14.0 Å². The molecule has 0 saturated heterocycles. The second-order valence-electron chi connectivity index (χ2n) is 5.84. The molecule has 4 nitrogen and oxygen atoms in total. The molecule has 0 radical (unpaired) electrons. The molecule has 1 aromatic carbocycles. The largest absolute Gasteiger partial charge is 0.465 e. The first-order valence-corrected chi connectivity index (χ1v) is 9.12. The van der Waals surface area contributed by atoms with Gasteiger partial charge < -0.3 is 10.1 Å². The Morgan fingerprint density at radius 2 is 2.00 bits per heavy atom. The molecule has 0 saturated carbocycles. The number of nitrogens with one attached hydrogen (secondary N) is 1. The van der Waals surface area contributed by atoms with Crippen molar-refractivity contribution in [1.82, 2.24) is 0 Å². The summed E-state index contributed by atoms with van der Waals surface area (Å²) in [7, 11) is 0. The van der Waals surface area contributed by atoms with E-state index in [2.05, 4.69) is 5.32 Å². The minimum absolute atomic E-state index is 0.0571. The van der Waals surface area contributed by atoms with Gasteiger partial charge in [-0.15, -0.1) is 11.8 Å². The molecule has 0 aliphatic carbocycles. The fourth-order valence-electron chi connectivity index (χ4n) is 1.85. The van der Waals surface area contributed by atoms with E-state index >= 15 is 0 Å². The lowest BCUT2D eigenvalue weighted by atomic mass is 10.1. The number of rotatable bonds is 8. The fourth-order valence-corrected chi connectivity index (χ4v) is 3.03. The van der Waals surface area contributed by atoms with Crippen molar-refractivity contribution in [1.29, 1.82) is 0 Å². The normalized spacial score (nSPS) is 12.1. The van der Waals surface area contributed by atoms with Crippen LogP contribution in [0.3, 0.4) is 0 Å². The number of carbonyl (C=O) groups is 2. The minimum Gasteiger partial charge on any atom is -0.465 e. The van der Waals surface area contributed by atoms with Crippen molar-refractivity contribution >= 4 is 40.9 Å². The molecule has 0 aliphatic heterocycles. The lowest BCUT2D eigenvalue weighted by molar-refractivity contribution is -0.142. The third-order valence-electron chi connectivity index (χ3n) is 2.97. The van der Waals surface area contributed by atoms with Crippen molar-refractivity contribution in [3.8, 4) is 0 Å². The van der Waals surface area contributed by atoms with E-state index in [0.717, 1.165) is 12.5 Å². The maximum atomic E-state index is 14.0. The quantitative estimate of drug-likeness (QED) is 0.518. The summed E-state index contributed by atoms with van der Waals surface area (Å²) in [6.07, 6.45) is 1.04. The molecule has 1 N–H and O–H groups in total. The monoisotopic (exact) mass is 375 g/mol. The van der Waals surface area contributed by atoms with E-state index in [0.29, 0.717) is 17.9 Å². The van der Waals surface area contributed by atoms with Crippen molar-refractivity contribution in [2.24, 2.45) is 5.92 Å². The Hall–Kier alpha value is -1.27. The van der Waals surface area contributed by atoms with Crippen LogP contribution in [0, 0.1) is 11.7 Å². The predicted molar refractivity (Wildman–Crippen MR) is 96.1 cm³/mol. The molecule has 0 fully saturated rings. The maximum Gasteiger partial charge on any atom is 0.319 e. The van der Waals surface area contributed by atoms with Gasteiger partial charge >= 0.3 is 5.97 Å². The Bertz CT molecular complexity index is 595. The van der Waals surface area contributed by atoms with Gasteiger partial charge in [-0.2, -0.15) is 0 Å². The number of esters is 1. The summed E-state index contributed by atoms with van der Waals surface area (Å²) in [6.45, 7) is 7.77. The van der Waals surface area contributed by atoms with Crippen LogP contribution in [0.4, 0.5) is 10.1 Å². The van der Waals surface area contributed by atoms with Gasteiger partial charge in [0, 0.05) is 11.3 Å². The fraction of sp³-hybridized carbons (Fsp3) is 0.529. The number of halogens is 2. The molecule has 1 aromatic rings. The van der Waals surface area contributed by atoms with Crippen LogP contribution in [0.15, 0.2) is 17.0 Å². The maximum absolute atomic E-state index is 14.0. The smallest absolute Gasteiger partial charge is 0.319 e. The van der Waals surface area contributed by atoms with E-state index in [1.807, 2.05) is 20.8 Å². The molecule has 24 heavy (non-hydrogen) atoms. The van der Waals surface area contributed by atoms with Crippen LogP contribution < -0.4 is 5.32 Å². The molecule has 1 unspecified atom stereocenters. The average molecular weight is 376 g/mol. The topological polar surface area (TPSA) is 55.4 Å². The summed E-state index contributed by atoms with van der Waals surface area (Å²) >= 11 is 7.22. The first kappa shape index (κ1) is 20.8. The van der Waals surface area contributed by atoms with E-state index in [1.54, 1.807) is 6.92 Å². The summed E-state index contributed by atoms with van der Waals surface area (Å²) < 4.78 is 19.1. The second-order valence-corrected chi connectivity index (χ2v) is 7.63. The lowest BCUT2D eigenvalue weighted by Crippen LogP contribution is -2.17. The van der Waals surface area contributed by atoms with Crippen LogP contribution in [0.2, 0.25) is 5.02 Å². The highest BCUT2D eigenvalue weighted by Gasteiger charge is 2.19. The number of ether oxygens (including phenoxy) is 1. The number of hydrogen-bond acceptors (Lipinski definition) is 4. The van der Waals surface area contributed by atoms with Crippen molar-refractivity contribution in [2.45, 2.75) is 50.7 Å². The molecular formula is C17H23ClFNO3S. The standard InChI is InChI=1S/C17H23ClFNO3S/c1-5-6-23-17(22)11(4)24-15-9-14(13(19)8-12(15)18)20-16(21)7-10(2)3/h8-11H,5-7H2,1-4H3,(H,20,21). The Morgan fingerprint density at radius 3 is 2.58 bits per heavy atom. The Balaban J connectivity index is 2.86. The van der Waals surface area contributed by atoms with E-state index < -0.39 is 11.1 Å². The highest BCUT2D eigenvalue weighted by atomic mass is 35.5. The molecule has 134 valence electrons. The van der Waals surface area contributed by atoms with Crippen LogP contribution in [-0.4, -0.2) is 23.7 Å². The summed E-state index contributed by atoms with van der Waals surface area (Å²) in [5, 5.41) is 2.25. The third kappa shape index (κ3) is 6.69.